The van der Waals surface area contributed by atoms with Crippen LogP contribution in [0.15, 0.2) is 0 Å². The molecule has 1 rings (SSSR count). The van der Waals surface area contributed by atoms with Gasteiger partial charge in [-0.3, -0.25) is 4.79 Å². The highest BCUT2D eigenvalue weighted by atomic mass is 16.2. The zero-order valence-electron chi connectivity index (χ0n) is 11.3. The van der Waals surface area contributed by atoms with E-state index < -0.39 is 0 Å². The first-order chi connectivity index (χ1) is 7.27. The number of nitrogens with zero attached hydrogens (tertiary/aromatic N) is 1. The van der Waals surface area contributed by atoms with Gasteiger partial charge in [0.25, 0.3) is 0 Å². The Morgan fingerprint density at radius 1 is 1.50 bits per heavy atom. The number of carbonyl (C=O) groups is 1. The Bertz CT molecular complexity index is 257. The minimum Gasteiger partial charge on any atom is -0.339 e. The van der Waals surface area contributed by atoms with Gasteiger partial charge < -0.3 is 10.6 Å². The van der Waals surface area contributed by atoms with Crippen LogP contribution in [0.1, 0.15) is 41.0 Å². The minimum absolute atomic E-state index is 0.0393. The van der Waals surface area contributed by atoms with Gasteiger partial charge in [-0.2, -0.15) is 0 Å². The third-order valence-electron chi connectivity index (χ3n) is 3.95. The highest BCUT2D eigenvalue weighted by Crippen LogP contribution is 2.31. The normalized spacial score (nSPS) is 28.2. The summed E-state index contributed by atoms with van der Waals surface area (Å²) < 4.78 is 0. The van der Waals surface area contributed by atoms with Crippen molar-refractivity contribution in [2.45, 2.75) is 47.1 Å². The van der Waals surface area contributed by atoms with Crippen LogP contribution in [0.2, 0.25) is 0 Å². The molecular weight excluding hydrogens is 200 g/mol. The van der Waals surface area contributed by atoms with Crippen molar-refractivity contribution in [1.29, 1.82) is 0 Å². The molecule has 3 atom stereocenters. The number of hydrogen-bond acceptors (Lipinski definition) is 2. The summed E-state index contributed by atoms with van der Waals surface area (Å²) >= 11 is 0. The molecule has 0 bridgehead atoms. The Hall–Kier alpha value is -0.570. The van der Waals surface area contributed by atoms with E-state index in [2.05, 4.69) is 27.7 Å². The molecule has 1 heterocycles. The first-order valence-electron chi connectivity index (χ1n) is 6.28. The van der Waals surface area contributed by atoms with Crippen molar-refractivity contribution in [2.75, 3.05) is 13.1 Å². The summed E-state index contributed by atoms with van der Waals surface area (Å²) in [6.45, 7) is 12.1. The monoisotopic (exact) mass is 226 g/mol. The summed E-state index contributed by atoms with van der Waals surface area (Å²) in [6.07, 6.45) is 1.05. The third-order valence-corrected chi connectivity index (χ3v) is 3.95. The van der Waals surface area contributed by atoms with Crippen LogP contribution in [0.3, 0.4) is 0 Å². The van der Waals surface area contributed by atoms with Crippen molar-refractivity contribution in [3.63, 3.8) is 0 Å². The van der Waals surface area contributed by atoms with Crippen LogP contribution in [0.25, 0.3) is 0 Å². The molecule has 3 unspecified atom stereocenters. The lowest BCUT2D eigenvalue weighted by atomic mass is 9.81. The summed E-state index contributed by atoms with van der Waals surface area (Å²) in [4.78, 5) is 14.4. The smallest absolute Gasteiger partial charge is 0.226 e. The SMILES string of the molecule is CC1CC(CN)CN1C(=O)C(C)C(C)(C)C. The summed E-state index contributed by atoms with van der Waals surface area (Å²) in [7, 11) is 0. The van der Waals surface area contributed by atoms with Gasteiger partial charge in [0.15, 0.2) is 0 Å². The maximum Gasteiger partial charge on any atom is 0.226 e. The van der Waals surface area contributed by atoms with E-state index in [1.165, 1.54) is 0 Å². The van der Waals surface area contributed by atoms with E-state index >= 15 is 0 Å². The molecule has 1 amide bonds. The molecule has 0 aromatic heterocycles. The first-order valence-corrected chi connectivity index (χ1v) is 6.28. The molecule has 2 N–H and O–H groups in total. The van der Waals surface area contributed by atoms with Gasteiger partial charge in [-0.1, -0.05) is 27.7 Å². The summed E-state index contributed by atoms with van der Waals surface area (Å²) in [5.41, 5.74) is 5.72. The van der Waals surface area contributed by atoms with E-state index in [0.29, 0.717) is 18.5 Å². The predicted molar refractivity (Wildman–Crippen MR) is 67.0 cm³/mol. The van der Waals surface area contributed by atoms with Gasteiger partial charge in [0.1, 0.15) is 0 Å². The Morgan fingerprint density at radius 3 is 2.44 bits per heavy atom. The van der Waals surface area contributed by atoms with Crippen molar-refractivity contribution < 1.29 is 4.79 Å². The van der Waals surface area contributed by atoms with Crippen molar-refractivity contribution in [1.82, 2.24) is 4.90 Å². The van der Waals surface area contributed by atoms with Crippen LogP contribution in [0.4, 0.5) is 0 Å². The van der Waals surface area contributed by atoms with Crippen molar-refractivity contribution in [3.05, 3.63) is 0 Å². The van der Waals surface area contributed by atoms with E-state index in [-0.39, 0.29) is 17.2 Å². The standard InChI is InChI=1S/C13H26N2O/c1-9-6-11(7-14)8-15(9)12(16)10(2)13(3,4)5/h9-11H,6-8,14H2,1-5H3. The van der Waals surface area contributed by atoms with Gasteiger partial charge in [-0.15, -0.1) is 0 Å². The molecule has 94 valence electrons. The Morgan fingerprint density at radius 2 is 2.06 bits per heavy atom. The average Bonchev–Trinajstić information content (AvgIpc) is 2.56. The molecular formula is C13H26N2O. The zero-order chi connectivity index (χ0) is 12.5. The summed E-state index contributed by atoms with van der Waals surface area (Å²) in [5, 5.41) is 0. The van der Waals surface area contributed by atoms with Crippen LogP contribution in [0.5, 0.6) is 0 Å². The highest BCUT2D eigenvalue weighted by molar-refractivity contribution is 5.79. The molecule has 3 heteroatoms. The average molecular weight is 226 g/mol. The van der Waals surface area contributed by atoms with E-state index in [1.807, 2.05) is 11.8 Å². The van der Waals surface area contributed by atoms with Crippen LogP contribution in [0, 0.1) is 17.3 Å². The molecule has 0 spiro atoms. The van der Waals surface area contributed by atoms with Crippen LogP contribution in [-0.4, -0.2) is 29.9 Å². The molecule has 0 saturated carbocycles. The molecule has 0 aliphatic carbocycles. The van der Waals surface area contributed by atoms with E-state index in [9.17, 15) is 4.79 Å². The van der Waals surface area contributed by atoms with Gasteiger partial charge in [0.2, 0.25) is 5.91 Å². The summed E-state index contributed by atoms with van der Waals surface area (Å²) in [5.74, 6) is 0.855. The van der Waals surface area contributed by atoms with Crippen LogP contribution < -0.4 is 5.73 Å². The zero-order valence-corrected chi connectivity index (χ0v) is 11.3. The van der Waals surface area contributed by atoms with Crippen molar-refractivity contribution in [2.24, 2.45) is 23.0 Å². The molecule has 0 aromatic rings. The lowest BCUT2D eigenvalue weighted by molar-refractivity contribution is -0.138. The Kier molecular flexibility index (Phi) is 4.00. The lowest BCUT2D eigenvalue weighted by Gasteiger charge is -2.32. The Labute approximate surface area is 99.4 Å². The topological polar surface area (TPSA) is 46.3 Å². The number of likely N-dealkylation sites (tertiary alicyclic amines) is 1. The largest absolute Gasteiger partial charge is 0.339 e. The third kappa shape index (κ3) is 2.76. The highest BCUT2D eigenvalue weighted by Gasteiger charge is 2.37. The minimum atomic E-state index is 0.0393. The number of carbonyl (C=O) groups excluding carboxylic acids is 1. The lowest BCUT2D eigenvalue weighted by Crippen LogP contribution is -2.42. The fourth-order valence-electron chi connectivity index (χ4n) is 2.24. The molecule has 1 saturated heterocycles. The number of rotatable bonds is 2. The molecule has 16 heavy (non-hydrogen) atoms. The van der Waals surface area contributed by atoms with E-state index in [4.69, 9.17) is 5.73 Å². The van der Waals surface area contributed by atoms with Gasteiger partial charge in [-0.25, -0.2) is 0 Å². The number of amides is 1. The second kappa shape index (κ2) is 4.74. The molecule has 1 aliphatic heterocycles. The quantitative estimate of drug-likeness (QED) is 0.781. The molecule has 0 aromatic carbocycles. The molecule has 1 aliphatic rings. The molecule has 1 fully saturated rings. The van der Waals surface area contributed by atoms with Gasteiger partial charge >= 0.3 is 0 Å². The van der Waals surface area contributed by atoms with Gasteiger partial charge in [0.05, 0.1) is 0 Å². The van der Waals surface area contributed by atoms with Gasteiger partial charge in [0, 0.05) is 18.5 Å². The first kappa shape index (κ1) is 13.5. The predicted octanol–water partition coefficient (Wildman–Crippen LogP) is 1.86. The second-order valence-corrected chi connectivity index (χ2v) is 6.26. The second-order valence-electron chi connectivity index (χ2n) is 6.26. The fraction of sp³-hybridized carbons (Fsp3) is 0.923. The molecule has 3 nitrogen and oxygen atoms in total. The van der Waals surface area contributed by atoms with Crippen molar-refractivity contribution >= 4 is 5.91 Å². The van der Waals surface area contributed by atoms with Crippen LogP contribution >= 0.6 is 0 Å². The Balaban J connectivity index is 2.68. The number of nitrogens with two attached hydrogens (primary N) is 1. The maximum atomic E-state index is 12.3. The van der Waals surface area contributed by atoms with Crippen LogP contribution in [-0.2, 0) is 4.79 Å². The van der Waals surface area contributed by atoms with Crippen molar-refractivity contribution in [3.8, 4) is 0 Å². The summed E-state index contributed by atoms with van der Waals surface area (Å²) in [6, 6.07) is 0.353. The maximum absolute atomic E-state index is 12.3. The molecule has 0 radical (unpaired) electrons. The van der Waals surface area contributed by atoms with E-state index in [1.54, 1.807) is 0 Å². The fourth-order valence-corrected chi connectivity index (χ4v) is 2.24. The van der Waals surface area contributed by atoms with Gasteiger partial charge in [-0.05, 0) is 31.2 Å². The van der Waals surface area contributed by atoms with E-state index in [0.717, 1.165) is 13.0 Å². The number of hydrogen-bond donors (Lipinski definition) is 1.